The number of carbonyl (C=O) groups is 1. The highest BCUT2D eigenvalue weighted by molar-refractivity contribution is 7.15. The molecule has 1 heterocycles. The minimum absolute atomic E-state index is 0.335. The average Bonchev–Trinajstić information content (AvgIpc) is 2.96. The Labute approximate surface area is 145 Å². The maximum absolute atomic E-state index is 11.9. The van der Waals surface area contributed by atoms with Crippen LogP contribution < -0.4 is 10.6 Å². The highest BCUT2D eigenvalue weighted by Gasteiger charge is 2.08. The van der Waals surface area contributed by atoms with Crippen LogP contribution in [0.15, 0.2) is 24.3 Å². The predicted molar refractivity (Wildman–Crippen MR) is 96.5 cm³/mol. The Kier molecular flexibility index (Phi) is 7.29. The van der Waals surface area contributed by atoms with Crippen LogP contribution in [0.4, 0.5) is 15.6 Å². The standard InChI is InChI=1S/C16H21ClN4OS/c1-2-3-4-5-6-7-14-20-21-16(23-14)19-15(22)18-13-10-8-12(17)9-11-13/h8-11H,2-7H2,1H3,(H2,18,19,21,22). The second-order valence-electron chi connectivity index (χ2n) is 5.25. The second kappa shape index (κ2) is 9.47. The van der Waals surface area contributed by atoms with Gasteiger partial charge >= 0.3 is 6.03 Å². The zero-order valence-corrected chi connectivity index (χ0v) is 14.7. The summed E-state index contributed by atoms with van der Waals surface area (Å²) in [6, 6.07) is 6.59. The van der Waals surface area contributed by atoms with Crippen molar-refractivity contribution in [3.05, 3.63) is 34.3 Å². The fourth-order valence-electron chi connectivity index (χ4n) is 2.08. The molecule has 0 radical (unpaired) electrons. The van der Waals surface area contributed by atoms with Gasteiger partial charge in [0.2, 0.25) is 5.13 Å². The van der Waals surface area contributed by atoms with Crippen molar-refractivity contribution in [1.82, 2.24) is 10.2 Å². The van der Waals surface area contributed by atoms with Gasteiger partial charge in [-0.2, -0.15) is 0 Å². The van der Waals surface area contributed by atoms with Crippen molar-refractivity contribution in [2.75, 3.05) is 10.6 Å². The van der Waals surface area contributed by atoms with Gasteiger partial charge in [-0.25, -0.2) is 4.79 Å². The van der Waals surface area contributed by atoms with E-state index in [1.165, 1.54) is 37.0 Å². The van der Waals surface area contributed by atoms with Gasteiger partial charge < -0.3 is 5.32 Å². The number of nitrogens with one attached hydrogen (secondary N) is 2. The molecular weight excluding hydrogens is 332 g/mol. The normalized spacial score (nSPS) is 10.5. The van der Waals surface area contributed by atoms with E-state index in [2.05, 4.69) is 27.8 Å². The van der Waals surface area contributed by atoms with Gasteiger partial charge in [0, 0.05) is 17.1 Å². The fourth-order valence-corrected chi connectivity index (χ4v) is 2.98. The third-order valence-electron chi connectivity index (χ3n) is 3.28. The Balaban J connectivity index is 1.74. The van der Waals surface area contributed by atoms with E-state index in [4.69, 9.17) is 11.6 Å². The van der Waals surface area contributed by atoms with Crippen molar-refractivity contribution in [2.45, 2.75) is 45.4 Å². The van der Waals surface area contributed by atoms with Crippen molar-refractivity contribution < 1.29 is 4.79 Å². The summed E-state index contributed by atoms with van der Waals surface area (Å²) in [4.78, 5) is 11.9. The van der Waals surface area contributed by atoms with E-state index in [-0.39, 0.29) is 6.03 Å². The highest BCUT2D eigenvalue weighted by atomic mass is 35.5. The number of carbonyl (C=O) groups excluding carboxylic acids is 1. The number of anilines is 2. The van der Waals surface area contributed by atoms with E-state index in [1.807, 2.05) is 0 Å². The van der Waals surface area contributed by atoms with Gasteiger partial charge in [-0.1, -0.05) is 55.5 Å². The van der Waals surface area contributed by atoms with Gasteiger partial charge in [-0.05, 0) is 30.7 Å². The van der Waals surface area contributed by atoms with Crippen LogP contribution in [-0.2, 0) is 6.42 Å². The quantitative estimate of drug-likeness (QED) is 0.629. The average molecular weight is 353 g/mol. The lowest BCUT2D eigenvalue weighted by Crippen LogP contribution is -2.19. The van der Waals surface area contributed by atoms with Crippen LogP contribution in [0.3, 0.4) is 0 Å². The molecule has 2 aromatic rings. The summed E-state index contributed by atoms with van der Waals surface area (Å²) < 4.78 is 0. The van der Waals surface area contributed by atoms with Crippen molar-refractivity contribution in [1.29, 1.82) is 0 Å². The van der Waals surface area contributed by atoms with E-state index in [1.54, 1.807) is 24.3 Å². The van der Waals surface area contributed by atoms with Gasteiger partial charge in [0.05, 0.1) is 0 Å². The minimum atomic E-state index is -0.335. The first kappa shape index (κ1) is 17.7. The molecule has 0 fully saturated rings. The van der Waals surface area contributed by atoms with Crippen LogP contribution in [0.1, 0.15) is 44.0 Å². The van der Waals surface area contributed by atoms with E-state index >= 15 is 0 Å². The Hall–Kier alpha value is -1.66. The summed E-state index contributed by atoms with van der Waals surface area (Å²) >= 11 is 7.23. The van der Waals surface area contributed by atoms with E-state index in [0.29, 0.717) is 15.8 Å². The number of aryl methyl sites for hydroxylation is 1. The predicted octanol–water partition coefficient (Wildman–Crippen LogP) is 5.35. The van der Waals surface area contributed by atoms with Gasteiger partial charge in [0.25, 0.3) is 0 Å². The molecule has 2 amide bonds. The van der Waals surface area contributed by atoms with Gasteiger partial charge in [-0.3, -0.25) is 5.32 Å². The molecule has 0 saturated heterocycles. The first-order chi connectivity index (χ1) is 11.2. The molecule has 7 heteroatoms. The van der Waals surface area contributed by atoms with Crippen LogP contribution >= 0.6 is 22.9 Å². The molecule has 0 atom stereocenters. The molecule has 5 nitrogen and oxygen atoms in total. The smallest absolute Gasteiger partial charge is 0.308 e. The zero-order valence-electron chi connectivity index (χ0n) is 13.1. The van der Waals surface area contributed by atoms with Crippen LogP contribution in [0.25, 0.3) is 0 Å². The molecule has 23 heavy (non-hydrogen) atoms. The molecule has 0 saturated carbocycles. The third-order valence-corrected chi connectivity index (χ3v) is 4.43. The summed E-state index contributed by atoms with van der Waals surface area (Å²) in [6.45, 7) is 2.21. The topological polar surface area (TPSA) is 66.9 Å². The van der Waals surface area contributed by atoms with Gasteiger partial charge in [-0.15, -0.1) is 10.2 Å². The van der Waals surface area contributed by atoms with Crippen molar-refractivity contribution >= 4 is 39.8 Å². The third kappa shape index (κ3) is 6.54. The van der Waals surface area contributed by atoms with Crippen LogP contribution in [0, 0.1) is 0 Å². The summed E-state index contributed by atoms with van der Waals surface area (Å²) in [5, 5.41) is 15.6. The first-order valence-corrected chi connectivity index (χ1v) is 9.03. The largest absolute Gasteiger partial charge is 0.325 e. The molecular formula is C16H21ClN4OS. The van der Waals surface area contributed by atoms with Crippen LogP contribution in [0.5, 0.6) is 0 Å². The SMILES string of the molecule is CCCCCCCc1nnc(NC(=O)Nc2ccc(Cl)cc2)s1. The highest BCUT2D eigenvalue weighted by Crippen LogP contribution is 2.19. The van der Waals surface area contributed by atoms with Crippen molar-refractivity contribution in [3.63, 3.8) is 0 Å². The summed E-state index contributed by atoms with van der Waals surface area (Å²) in [6.07, 6.45) is 7.05. The number of hydrogen-bond donors (Lipinski definition) is 2. The number of rotatable bonds is 8. The Morgan fingerprint density at radius 1 is 1.09 bits per heavy atom. The second-order valence-corrected chi connectivity index (χ2v) is 6.75. The number of amides is 2. The lowest BCUT2D eigenvalue weighted by molar-refractivity contribution is 0.262. The van der Waals surface area contributed by atoms with Crippen molar-refractivity contribution in [2.24, 2.45) is 0 Å². The van der Waals surface area contributed by atoms with E-state index < -0.39 is 0 Å². The Bertz CT molecular complexity index is 615. The molecule has 0 bridgehead atoms. The summed E-state index contributed by atoms with van der Waals surface area (Å²) in [5.41, 5.74) is 0.674. The lowest BCUT2D eigenvalue weighted by Gasteiger charge is -2.04. The van der Waals surface area contributed by atoms with Crippen LogP contribution in [-0.4, -0.2) is 16.2 Å². The molecule has 124 valence electrons. The number of unbranched alkanes of at least 4 members (excludes halogenated alkanes) is 4. The molecule has 0 unspecified atom stereocenters. The Morgan fingerprint density at radius 2 is 1.83 bits per heavy atom. The number of hydrogen-bond acceptors (Lipinski definition) is 4. The molecule has 1 aromatic carbocycles. The zero-order chi connectivity index (χ0) is 16.5. The molecule has 1 aromatic heterocycles. The van der Waals surface area contributed by atoms with E-state index in [9.17, 15) is 4.79 Å². The van der Waals surface area contributed by atoms with Crippen molar-refractivity contribution in [3.8, 4) is 0 Å². The fraction of sp³-hybridized carbons (Fsp3) is 0.438. The molecule has 0 aliphatic rings. The Morgan fingerprint density at radius 3 is 2.57 bits per heavy atom. The van der Waals surface area contributed by atoms with Gasteiger partial charge in [0.15, 0.2) is 0 Å². The summed E-state index contributed by atoms with van der Waals surface area (Å²) in [7, 11) is 0. The number of halogens is 1. The molecule has 2 N–H and O–H groups in total. The van der Waals surface area contributed by atoms with E-state index in [0.717, 1.165) is 17.8 Å². The van der Waals surface area contributed by atoms with Crippen LogP contribution in [0.2, 0.25) is 5.02 Å². The number of nitrogens with zero attached hydrogens (tertiary/aromatic N) is 2. The maximum Gasteiger partial charge on any atom is 0.325 e. The molecule has 0 aliphatic carbocycles. The monoisotopic (exact) mass is 352 g/mol. The summed E-state index contributed by atoms with van der Waals surface area (Å²) in [5.74, 6) is 0. The minimum Gasteiger partial charge on any atom is -0.308 e. The number of urea groups is 1. The number of aromatic nitrogens is 2. The lowest BCUT2D eigenvalue weighted by atomic mass is 10.1. The molecule has 0 spiro atoms. The molecule has 2 rings (SSSR count). The molecule has 0 aliphatic heterocycles. The first-order valence-electron chi connectivity index (χ1n) is 7.83. The van der Waals surface area contributed by atoms with Gasteiger partial charge in [0.1, 0.15) is 5.01 Å². The number of benzene rings is 1. The maximum atomic E-state index is 11.9.